The molecule has 0 saturated carbocycles. The maximum Gasteiger partial charge on any atom is 0.328 e. The van der Waals surface area contributed by atoms with Crippen LogP contribution in [0.15, 0.2) is 34.0 Å². The van der Waals surface area contributed by atoms with E-state index in [9.17, 15) is 19.7 Å². The number of nitrogen functional groups attached to an aromatic ring is 1. The molecule has 0 aliphatic carbocycles. The topological polar surface area (TPSA) is 124 Å². The fourth-order valence-corrected chi connectivity index (χ4v) is 1.85. The van der Waals surface area contributed by atoms with Gasteiger partial charge in [-0.05, 0) is 0 Å². The number of nitrogens with two attached hydrogens (primary N) is 1. The number of rotatable bonds is 3. The first-order valence-corrected chi connectivity index (χ1v) is 5.79. The molecule has 9 heteroatoms. The van der Waals surface area contributed by atoms with Crippen molar-refractivity contribution in [3.8, 4) is 0 Å². The average Bonchev–Trinajstić information content (AvgIpc) is 2.37. The van der Waals surface area contributed by atoms with Gasteiger partial charge >= 0.3 is 5.69 Å². The quantitative estimate of drug-likeness (QED) is 0.491. The highest BCUT2D eigenvalue weighted by Crippen LogP contribution is 2.25. The minimum atomic E-state index is -0.695. The Morgan fingerprint density at radius 3 is 2.75 bits per heavy atom. The molecule has 0 unspecified atom stereocenters. The Kier molecular flexibility index (Phi) is 3.57. The maximum absolute atomic E-state index is 11.6. The zero-order valence-electron chi connectivity index (χ0n) is 10.00. The summed E-state index contributed by atoms with van der Waals surface area (Å²) in [6.45, 7) is -0.0388. The summed E-state index contributed by atoms with van der Waals surface area (Å²) in [4.78, 5) is 34.9. The summed E-state index contributed by atoms with van der Waals surface area (Å²) < 4.78 is 1.11. The number of nitro benzene ring substituents is 1. The van der Waals surface area contributed by atoms with E-state index in [-0.39, 0.29) is 22.9 Å². The number of hydrogen-bond acceptors (Lipinski definition) is 5. The Morgan fingerprint density at radius 2 is 2.10 bits per heavy atom. The molecule has 2 rings (SSSR count). The molecule has 0 amide bonds. The smallest absolute Gasteiger partial charge is 0.328 e. The molecule has 8 nitrogen and oxygen atoms in total. The number of nitrogens with zero attached hydrogens (tertiary/aromatic N) is 2. The zero-order chi connectivity index (χ0) is 14.9. The van der Waals surface area contributed by atoms with E-state index in [1.807, 2.05) is 4.98 Å². The predicted octanol–water partition coefficient (Wildman–Crippen LogP) is 0.729. The Hall–Kier alpha value is -2.61. The fraction of sp³-hybridized carbons (Fsp3) is 0.0909. The van der Waals surface area contributed by atoms with Gasteiger partial charge in [0.2, 0.25) is 0 Å². The molecule has 3 N–H and O–H groups in total. The van der Waals surface area contributed by atoms with Crippen molar-refractivity contribution in [1.29, 1.82) is 0 Å². The van der Waals surface area contributed by atoms with E-state index >= 15 is 0 Å². The van der Waals surface area contributed by atoms with Gasteiger partial charge in [0.05, 0.1) is 11.5 Å². The first-order valence-electron chi connectivity index (χ1n) is 5.41. The standard InChI is InChI=1S/C11H9ClN4O4/c12-7-5-15(11(18)14-10(7)17)4-6-2-1-3-8(9(6)13)16(19)20/h1-3,5H,4,13H2,(H,14,17,18). The van der Waals surface area contributed by atoms with Crippen LogP contribution >= 0.6 is 11.6 Å². The van der Waals surface area contributed by atoms with Gasteiger partial charge in [-0.1, -0.05) is 23.7 Å². The molecular weight excluding hydrogens is 288 g/mol. The van der Waals surface area contributed by atoms with Crippen LogP contribution in [0, 0.1) is 10.1 Å². The lowest BCUT2D eigenvalue weighted by atomic mass is 10.1. The highest BCUT2D eigenvalue weighted by atomic mass is 35.5. The second kappa shape index (κ2) is 5.17. The van der Waals surface area contributed by atoms with Gasteiger partial charge in [-0.15, -0.1) is 0 Å². The van der Waals surface area contributed by atoms with Gasteiger partial charge in [0.25, 0.3) is 11.2 Å². The van der Waals surface area contributed by atoms with E-state index in [1.54, 1.807) is 6.07 Å². The third-order valence-corrected chi connectivity index (χ3v) is 2.95. The number of para-hydroxylation sites is 1. The number of nitro groups is 1. The SMILES string of the molecule is Nc1c(Cn2cc(Cl)c(=O)[nH]c2=O)cccc1[N+](=O)[O-]. The van der Waals surface area contributed by atoms with Gasteiger partial charge in [0.1, 0.15) is 10.7 Å². The van der Waals surface area contributed by atoms with Crippen LogP contribution < -0.4 is 17.0 Å². The molecule has 1 aromatic carbocycles. The molecule has 0 spiro atoms. The van der Waals surface area contributed by atoms with E-state index in [2.05, 4.69) is 0 Å². The second-order valence-electron chi connectivity index (χ2n) is 3.97. The van der Waals surface area contributed by atoms with Crippen LogP contribution in [-0.2, 0) is 6.54 Å². The normalized spacial score (nSPS) is 10.4. The largest absolute Gasteiger partial charge is 0.393 e. The maximum atomic E-state index is 11.6. The lowest BCUT2D eigenvalue weighted by Crippen LogP contribution is -2.30. The third kappa shape index (κ3) is 2.54. The Bertz CT molecular complexity index is 796. The number of halogens is 1. The van der Waals surface area contributed by atoms with Gasteiger partial charge in [-0.3, -0.25) is 24.5 Å². The zero-order valence-corrected chi connectivity index (χ0v) is 10.8. The molecule has 0 saturated heterocycles. The number of hydrogen-bond donors (Lipinski definition) is 2. The van der Waals surface area contributed by atoms with E-state index in [0.717, 1.165) is 10.8 Å². The first kappa shape index (κ1) is 13.8. The van der Waals surface area contributed by atoms with Crippen LogP contribution in [0.25, 0.3) is 0 Å². The molecule has 0 aliphatic heterocycles. The van der Waals surface area contributed by atoms with E-state index in [1.165, 1.54) is 12.1 Å². The molecule has 1 aromatic heterocycles. The highest BCUT2D eigenvalue weighted by molar-refractivity contribution is 6.30. The van der Waals surface area contributed by atoms with Crippen molar-refractivity contribution in [3.63, 3.8) is 0 Å². The van der Waals surface area contributed by atoms with Crippen molar-refractivity contribution in [3.05, 3.63) is 65.9 Å². The van der Waals surface area contributed by atoms with Crippen LogP contribution in [-0.4, -0.2) is 14.5 Å². The molecule has 2 aromatic rings. The first-order chi connectivity index (χ1) is 9.40. The number of H-pyrrole nitrogens is 1. The summed E-state index contributed by atoms with van der Waals surface area (Å²) in [6, 6.07) is 4.28. The molecule has 0 radical (unpaired) electrons. The number of aromatic amines is 1. The second-order valence-corrected chi connectivity index (χ2v) is 4.38. The van der Waals surface area contributed by atoms with Crippen LogP contribution in [0.5, 0.6) is 0 Å². The summed E-state index contributed by atoms with van der Waals surface area (Å²) in [5.74, 6) is 0. The van der Waals surface area contributed by atoms with Gasteiger partial charge < -0.3 is 5.73 Å². The van der Waals surface area contributed by atoms with Crippen LogP contribution in [0.2, 0.25) is 5.02 Å². The van der Waals surface area contributed by atoms with Crippen LogP contribution in [0.3, 0.4) is 0 Å². The van der Waals surface area contributed by atoms with Crippen LogP contribution in [0.1, 0.15) is 5.56 Å². The Labute approximate surface area is 116 Å². The molecular formula is C11H9ClN4O4. The van der Waals surface area contributed by atoms with E-state index < -0.39 is 16.2 Å². The predicted molar refractivity (Wildman–Crippen MR) is 72.9 cm³/mol. The number of benzene rings is 1. The molecule has 1 heterocycles. The monoisotopic (exact) mass is 296 g/mol. The molecule has 0 bridgehead atoms. The average molecular weight is 297 g/mol. The number of nitrogens with one attached hydrogen (secondary N) is 1. The molecule has 0 atom stereocenters. The number of aromatic nitrogens is 2. The van der Waals surface area contributed by atoms with Crippen molar-refractivity contribution in [2.45, 2.75) is 6.54 Å². The Morgan fingerprint density at radius 1 is 1.40 bits per heavy atom. The summed E-state index contributed by atoms with van der Waals surface area (Å²) in [7, 11) is 0. The fourth-order valence-electron chi connectivity index (χ4n) is 1.68. The molecule has 104 valence electrons. The minimum Gasteiger partial charge on any atom is -0.393 e. The summed E-state index contributed by atoms with van der Waals surface area (Å²) >= 11 is 5.63. The molecule has 0 aliphatic rings. The number of anilines is 1. The van der Waals surface area contributed by atoms with Gasteiger partial charge in [0.15, 0.2) is 0 Å². The summed E-state index contributed by atoms with van der Waals surface area (Å²) in [5.41, 5.74) is 4.42. The summed E-state index contributed by atoms with van der Waals surface area (Å²) in [5, 5.41) is 10.6. The van der Waals surface area contributed by atoms with Crippen molar-refractivity contribution in [1.82, 2.24) is 9.55 Å². The lowest BCUT2D eigenvalue weighted by Gasteiger charge is -2.08. The Balaban J connectivity index is 2.48. The van der Waals surface area contributed by atoms with E-state index in [4.69, 9.17) is 17.3 Å². The van der Waals surface area contributed by atoms with Crippen LogP contribution in [0.4, 0.5) is 11.4 Å². The van der Waals surface area contributed by atoms with Crippen molar-refractivity contribution < 1.29 is 4.92 Å². The van der Waals surface area contributed by atoms with Gasteiger partial charge in [0, 0.05) is 17.8 Å². The van der Waals surface area contributed by atoms with Crippen molar-refractivity contribution in [2.75, 3.05) is 5.73 Å². The van der Waals surface area contributed by atoms with Gasteiger partial charge in [-0.25, -0.2) is 4.79 Å². The van der Waals surface area contributed by atoms with Gasteiger partial charge in [-0.2, -0.15) is 0 Å². The highest BCUT2D eigenvalue weighted by Gasteiger charge is 2.15. The molecule has 20 heavy (non-hydrogen) atoms. The van der Waals surface area contributed by atoms with Crippen molar-refractivity contribution >= 4 is 23.0 Å². The summed E-state index contributed by atoms with van der Waals surface area (Å²) in [6.07, 6.45) is 1.15. The molecule has 0 fully saturated rings. The lowest BCUT2D eigenvalue weighted by molar-refractivity contribution is -0.383. The van der Waals surface area contributed by atoms with E-state index in [0.29, 0.717) is 5.56 Å². The minimum absolute atomic E-state index is 0.0354. The van der Waals surface area contributed by atoms with Crippen molar-refractivity contribution in [2.24, 2.45) is 0 Å². The third-order valence-electron chi connectivity index (χ3n) is 2.68.